The summed E-state index contributed by atoms with van der Waals surface area (Å²) in [6.45, 7) is 3.77. The van der Waals surface area contributed by atoms with Gasteiger partial charge < -0.3 is 5.21 Å². The number of pyridine rings is 1. The third-order valence-electron chi connectivity index (χ3n) is 2.86. The Balaban J connectivity index is 2.19. The highest BCUT2D eigenvalue weighted by atomic mass is 32.2. The van der Waals surface area contributed by atoms with Crippen LogP contribution in [0.4, 0.5) is 0 Å². The van der Waals surface area contributed by atoms with E-state index < -0.39 is 0 Å². The molecule has 98 valence electrons. The van der Waals surface area contributed by atoms with Crippen molar-refractivity contribution in [3.8, 4) is 0 Å². The van der Waals surface area contributed by atoms with E-state index in [1.165, 1.54) is 11.8 Å². The van der Waals surface area contributed by atoms with Crippen molar-refractivity contribution in [1.29, 1.82) is 0 Å². The van der Waals surface area contributed by atoms with E-state index in [0.717, 1.165) is 22.6 Å². The molecule has 1 heterocycles. The summed E-state index contributed by atoms with van der Waals surface area (Å²) in [5.41, 5.74) is 1.25. The molecule has 1 aromatic heterocycles. The van der Waals surface area contributed by atoms with Crippen molar-refractivity contribution in [3.63, 3.8) is 0 Å². The van der Waals surface area contributed by atoms with E-state index in [1.807, 2.05) is 36.4 Å². The maximum absolute atomic E-state index is 11.7. The summed E-state index contributed by atoms with van der Waals surface area (Å²) in [6, 6.07) is 15.8. The first-order chi connectivity index (χ1) is 9.31. The lowest BCUT2D eigenvalue weighted by Crippen LogP contribution is -2.28. The fourth-order valence-corrected chi connectivity index (χ4v) is 3.04. The summed E-state index contributed by atoms with van der Waals surface area (Å²) in [6.07, 6.45) is 5.38. The van der Waals surface area contributed by atoms with Crippen LogP contribution in [0, 0.1) is 5.21 Å². The second-order valence-electron chi connectivity index (χ2n) is 4.25. The van der Waals surface area contributed by atoms with Gasteiger partial charge in [0, 0.05) is 17.4 Å². The first-order valence-corrected chi connectivity index (χ1v) is 7.20. The Morgan fingerprint density at radius 2 is 1.89 bits per heavy atom. The summed E-state index contributed by atoms with van der Waals surface area (Å²) in [7, 11) is 0. The standard InChI is InChI=1S/C16H17NOS/c1-2-3-11-15(14-9-5-4-6-10-14)19-16-12-7-8-13-17(16)18/h2,4-10,12-13,15H,1,3,11H2. The minimum atomic E-state index is 0.279. The van der Waals surface area contributed by atoms with Crippen LogP contribution in [0.15, 0.2) is 72.4 Å². The second-order valence-corrected chi connectivity index (χ2v) is 5.47. The topological polar surface area (TPSA) is 26.9 Å². The Labute approximate surface area is 118 Å². The fourth-order valence-electron chi connectivity index (χ4n) is 1.88. The number of rotatable bonds is 6. The van der Waals surface area contributed by atoms with Crippen molar-refractivity contribution < 1.29 is 4.73 Å². The van der Waals surface area contributed by atoms with Crippen LogP contribution in [-0.2, 0) is 0 Å². The maximum atomic E-state index is 11.7. The third kappa shape index (κ3) is 3.86. The molecule has 0 aliphatic rings. The molecule has 2 nitrogen and oxygen atoms in total. The van der Waals surface area contributed by atoms with Crippen molar-refractivity contribution in [2.45, 2.75) is 23.1 Å². The normalized spacial score (nSPS) is 12.0. The smallest absolute Gasteiger partial charge is 0.251 e. The monoisotopic (exact) mass is 271 g/mol. The van der Waals surface area contributed by atoms with E-state index in [1.54, 1.807) is 17.8 Å². The predicted octanol–water partition coefficient (Wildman–Crippen LogP) is 4.12. The van der Waals surface area contributed by atoms with Crippen LogP contribution in [0.25, 0.3) is 0 Å². The van der Waals surface area contributed by atoms with Crippen molar-refractivity contribution >= 4 is 11.8 Å². The quantitative estimate of drug-likeness (QED) is 0.342. The van der Waals surface area contributed by atoms with Gasteiger partial charge in [0.2, 0.25) is 0 Å². The van der Waals surface area contributed by atoms with Gasteiger partial charge in [0.1, 0.15) is 0 Å². The van der Waals surface area contributed by atoms with E-state index >= 15 is 0 Å². The van der Waals surface area contributed by atoms with Crippen LogP contribution in [0.1, 0.15) is 23.7 Å². The second kappa shape index (κ2) is 7.00. The molecule has 2 aromatic rings. The van der Waals surface area contributed by atoms with Crippen LogP contribution < -0.4 is 4.73 Å². The van der Waals surface area contributed by atoms with E-state index in [0.29, 0.717) is 0 Å². The maximum Gasteiger partial charge on any atom is 0.251 e. The Kier molecular flexibility index (Phi) is 5.04. The lowest BCUT2D eigenvalue weighted by Gasteiger charge is -2.15. The number of aromatic nitrogens is 1. The largest absolute Gasteiger partial charge is 0.618 e. The van der Waals surface area contributed by atoms with Gasteiger partial charge in [-0.15, -0.1) is 6.58 Å². The average Bonchev–Trinajstić information content (AvgIpc) is 2.46. The van der Waals surface area contributed by atoms with Crippen molar-refractivity contribution in [2.75, 3.05) is 0 Å². The molecule has 0 fully saturated rings. The molecule has 2 rings (SSSR count). The summed E-state index contributed by atoms with van der Waals surface area (Å²) in [5.74, 6) is 0. The molecular weight excluding hydrogens is 254 g/mol. The van der Waals surface area contributed by atoms with Crippen molar-refractivity contribution in [3.05, 3.63) is 78.2 Å². The summed E-state index contributed by atoms with van der Waals surface area (Å²) in [5, 5.41) is 12.8. The van der Waals surface area contributed by atoms with Gasteiger partial charge in [-0.1, -0.05) is 36.4 Å². The highest BCUT2D eigenvalue weighted by Crippen LogP contribution is 2.36. The first-order valence-electron chi connectivity index (χ1n) is 6.32. The number of hydrogen-bond acceptors (Lipinski definition) is 2. The van der Waals surface area contributed by atoms with Gasteiger partial charge in [0.25, 0.3) is 5.03 Å². The molecule has 3 heteroatoms. The van der Waals surface area contributed by atoms with E-state index in [-0.39, 0.29) is 5.25 Å². The number of benzene rings is 1. The lowest BCUT2D eigenvalue weighted by atomic mass is 10.1. The molecule has 0 bridgehead atoms. The number of nitrogens with zero attached hydrogens (tertiary/aromatic N) is 1. The van der Waals surface area contributed by atoms with Gasteiger partial charge >= 0.3 is 0 Å². The highest BCUT2D eigenvalue weighted by Gasteiger charge is 2.16. The molecule has 1 unspecified atom stereocenters. The van der Waals surface area contributed by atoms with Crippen LogP contribution in [0.5, 0.6) is 0 Å². The zero-order valence-electron chi connectivity index (χ0n) is 10.7. The minimum Gasteiger partial charge on any atom is -0.618 e. The van der Waals surface area contributed by atoms with Gasteiger partial charge in [-0.2, -0.15) is 4.73 Å². The molecule has 0 amide bonds. The Bertz CT molecular complexity index is 527. The van der Waals surface area contributed by atoms with E-state index in [9.17, 15) is 5.21 Å². The van der Waals surface area contributed by atoms with Crippen molar-refractivity contribution in [2.24, 2.45) is 0 Å². The summed E-state index contributed by atoms with van der Waals surface area (Å²) >= 11 is 1.61. The van der Waals surface area contributed by atoms with Crippen LogP contribution >= 0.6 is 11.8 Å². The van der Waals surface area contributed by atoms with Crippen LogP contribution in [0.2, 0.25) is 0 Å². The minimum absolute atomic E-state index is 0.279. The Hall–Kier alpha value is -1.74. The van der Waals surface area contributed by atoms with Gasteiger partial charge in [0.15, 0.2) is 6.20 Å². The zero-order chi connectivity index (χ0) is 13.5. The van der Waals surface area contributed by atoms with Gasteiger partial charge in [-0.25, -0.2) is 0 Å². The lowest BCUT2D eigenvalue weighted by molar-refractivity contribution is -0.645. The molecule has 0 saturated carbocycles. The summed E-state index contributed by atoms with van der Waals surface area (Å²) < 4.78 is 0.925. The molecule has 0 spiro atoms. The first kappa shape index (κ1) is 13.7. The molecule has 0 aliphatic carbocycles. The summed E-state index contributed by atoms with van der Waals surface area (Å²) in [4.78, 5) is 0. The van der Waals surface area contributed by atoms with Crippen LogP contribution in [-0.4, -0.2) is 0 Å². The highest BCUT2D eigenvalue weighted by molar-refractivity contribution is 7.99. The average molecular weight is 271 g/mol. The molecule has 0 aliphatic heterocycles. The van der Waals surface area contributed by atoms with Crippen LogP contribution in [0.3, 0.4) is 0 Å². The van der Waals surface area contributed by atoms with Gasteiger partial charge in [-0.05, 0) is 36.2 Å². The Morgan fingerprint density at radius 1 is 1.16 bits per heavy atom. The van der Waals surface area contributed by atoms with Gasteiger partial charge in [-0.3, -0.25) is 0 Å². The third-order valence-corrected chi connectivity index (χ3v) is 4.21. The number of hydrogen-bond donors (Lipinski definition) is 0. The predicted molar refractivity (Wildman–Crippen MR) is 79.9 cm³/mol. The Morgan fingerprint density at radius 3 is 2.58 bits per heavy atom. The van der Waals surface area contributed by atoms with Gasteiger partial charge in [0.05, 0.1) is 0 Å². The van der Waals surface area contributed by atoms with E-state index in [2.05, 4.69) is 18.7 Å². The SMILES string of the molecule is C=CCCC(Sc1cccc[n+]1[O-])c1ccccc1. The molecule has 0 saturated heterocycles. The molecule has 19 heavy (non-hydrogen) atoms. The van der Waals surface area contributed by atoms with E-state index in [4.69, 9.17) is 0 Å². The number of allylic oxidation sites excluding steroid dienone is 1. The molecule has 1 aromatic carbocycles. The molecule has 1 atom stereocenters. The van der Waals surface area contributed by atoms with Crippen molar-refractivity contribution in [1.82, 2.24) is 0 Å². The molecule has 0 radical (unpaired) electrons. The molecular formula is C16H17NOS. The number of thioether (sulfide) groups is 1. The fraction of sp³-hybridized carbons (Fsp3) is 0.188. The zero-order valence-corrected chi connectivity index (χ0v) is 11.6. The molecule has 0 N–H and O–H groups in total.